The Bertz CT molecular complexity index is 1670. The largest absolute Gasteiger partial charge is 0.497 e. The zero-order valence-corrected chi connectivity index (χ0v) is 23.8. The second-order valence-corrected chi connectivity index (χ2v) is 11.4. The van der Waals surface area contributed by atoms with Crippen molar-refractivity contribution in [1.82, 2.24) is 9.88 Å². The summed E-state index contributed by atoms with van der Waals surface area (Å²) in [6.07, 6.45) is 2.01. The maximum Gasteiger partial charge on any atom is 0.176 e. The number of nitrogens with zero attached hydrogens (tertiary/aromatic N) is 2. The Hall–Kier alpha value is -4.00. The lowest BCUT2D eigenvalue weighted by Crippen LogP contribution is -2.40. The third-order valence-electron chi connectivity index (χ3n) is 8.89. The summed E-state index contributed by atoms with van der Waals surface area (Å²) in [4.78, 5) is 7.57. The first-order valence-corrected chi connectivity index (χ1v) is 14.4. The lowest BCUT2D eigenvalue weighted by atomic mass is 9.65. The van der Waals surface area contributed by atoms with Crippen LogP contribution in [0.4, 0.5) is 11.5 Å². The SMILES string of the molecule is C=C=C1CC23C1CCN2C3[C@H](OCc1ccccc1)c1cc(NC(=S)Nc2ccccc2)nc2ccc(OC)cc12. The molecule has 0 bridgehead atoms. The number of thiocarbonyl (C=S) groups is 1. The first-order chi connectivity index (χ1) is 20.1. The molecule has 206 valence electrons. The average molecular weight is 561 g/mol. The summed E-state index contributed by atoms with van der Waals surface area (Å²) in [5.41, 5.74) is 8.71. The Morgan fingerprint density at radius 1 is 1.10 bits per heavy atom. The number of benzene rings is 3. The molecular weight excluding hydrogens is 528 g/mol. The number of nitrogens with one attached hydrogen (secondary N) is 2. The fourth-order valence-electron chi connectivity index (χ4n) is 6.99. The van der Waals surface area contributed by atoms with E-state index in [2.05, 4.69) is 64.2 Å². The Morgan fingerprint density at radius 3 is 2.63 bits per heavy atom. The van der Waals surface area contributed by atoms with Gasteiger partial charge < -0.3 is 20.1 Å². The maximum atomic E-state index is 6.90. The van der Waals surface area contributed by atoms with E-state index in [0.29, 0.717) is 23.5 Å². The molecule has 4 aromatic rings. The van der Waals surface area contributed by atoms with Crippen molar-refractivity contribution >= 4 is 39.7 Å². The van der Waals surface area contributed by atoms with E-state index in [0.717, 1.165) is 52.9 Å². The number of rotatable bonds is 8. The van der Waals surface area contributed by atoms with Gasteiger partial charge in [0.05, 0.1) is 30.8 Å². The van der Waals surface area contributed by atoms with Gasteiger partial charge in [-0.3, -0.25) is 4.90 Å². The summed E-state index contributed by atoms with van der Waals surface area (Å²) >= 11 is 5.66. The van der Waals surface area contributed by atoms with E-state index < -0.39 is 0 Å². The summed E-state index contributed by atoms with van der Waals surface area (Å²) in [6, 6.07) is 28.6. The van der Waals surface area contributed by atoms with Gasteiger partial charge in [0.15, 0.2) is 5.11 Å². The van der Waals surface area contributed by atoms with Crippen LogP contribution in [0.5, 0.6) is 5.75 Å². The molecule has 0 amide bonds. The standard InChI is InChI=1S/C34H32N4O2S/c1-3-23-20-34-28(23)16-17-38(34)32(34)31(40-21-22-10-6-4-7-11-22)27-19-30(36-29-15-14-25(39-2)18-26(27)29)37-33(41)35-24-12-8-5-9-13-24/h4-15,18-19,28,31-32H,1,16-17,20-21H2,2H3,(H2,35,36,37,41)/t28?,31-,32?,34?,38?/m1/s1. The lowest BCUT2D eigenvalue weighted by molar-refractivity contribution is 0.0252. The third-order valence-corrected chi connectivity index (χ3v) is 9.09. The topological polar surface area (TPSA) is 58.4 Å². The van der Waals surface area contributed by atoms with Gasteiger partial charge in [0.1, 0.15) is 17.7 Å². The van der Waals surface area contributed by atoms with Crippen LogP contribution in [0.25, 0.3) is 10.9 Å². The number of ether oxygens (including phenoxy) is 2. The first kappa shape index (κ1) is 25.9. The van der Waals surface area contributed by atoms with Gasteiger partial charge in [-0.05, 0) is 84.7 Å². The van der Waals surface area contributed by atoms with E-state index in [1.807, 2.05) is 48.5 Å². The van der Waals surface area contributed by atoms with Gasteiger partial charge in [0.2, 0.25) is 0 Å². The van der Waals surface area contributed by atoms with Crippen molar-refractivity contribution in [2.75, 3.05) is 24.3 Å². The number of hydrogen-bond acceptors (Lipinski definition) is 5. The lowest BCUT2D eigenvalue weighted by Gasteiger charge is -2.37. The van der Waals surface area contributed by atoms with Crippen LogP contribution in [0.1, 0.15) is 30.1 Å². The number of hydrogen-bond donors (Lipinski definition) is 2. The number of methoxy groups -OCH3 is 1. The summed E-state index contributed by atoms with van der Waals surface area (Å²) in [7, 11) is 1.69. The second kappa shape index (κ2) is 10.4. The van der Waals surface area contributed by atoms with E-state index in [1.165, 1.54) is 5.57 Å². The molecular formula is C34H32N4O2S. The van der Waals surface area contributed by atoms with Crippen LogP contribution >= 0.6 is 12.2 Å². The Morgan fingerprint density at radius 2 is 1.88 bits per heavy atom. The average Bonchev–Trinajstić information content (AvgIpc) is 3.56. The molecule has 5 atom stereocenters. The molecule has 1 aliphatic carbocycles. The van der Waals surface area contributed by atoms with Crippen LogP contribution in [0.2, 0.25) is 0 Å². The fourth-order valence-corrected chi connectivity index (χ4v) is 7.21. The predicted octanol–water partition coefficient (Wildman–Crippen LogP) is 6.87. The molecule has 0 radical (unpaired) electrons. The summed E-state index contributed by atoms with van der Waals surface area (Å²) in [5.74, 6) is 1.97. The molecule has 1 aromatic heterocycles. The molecule has 3 fully saturated rings. The molecule has 2 N–H and O–H groups in total. The van der Waals surface area contributed by atoms with Gasteiger partial charge in [0, 0.05) is 17.0 Å². The van der Waals surface area contributed by atoms with Crippen molar-refractivity contribution in [3.8, 4) is 5.75 Å². The van der Waals surface area contributed by atoms with Crippen LogP contribution < -0.4 is 15.4 Å². The van der Waals surface area contributed by atoms with Gasteiger partial charge in [0.25, 0.3) is 0 Å². The van der Waals surface area contributed by atoms with Gasteiger partial charge in [-0.25, -0.2) is 4.98 Å². The van der Waals surface area contributed by atoms with Crippen LogP contribution in [0.3, 0.4) is 0 Å². The highest BCUT2D eigenvalue weighted by Gasteiger charge is 2.77. The molecule has 7 rings (SSSR count). The Kier molecular flexibility index (Phi) is 6.60. The number of para-hydroxylation sites is 1. The molecule has 7 heteroatoms. The molecule has 6 nitrogen and oxygen atoms in total. The molecule has 2 saturated heterocycles. The minimum Gasteiger partial charge on any atom is -0.497 e. The van der Waals surface area contributed by atoms with Crippen molar-refractivity contribution < 1.29 is 9.47 Å². The first-order valence-electron chi connectivity index (χ1n) is 14.0. The van der Waals surface area contributed by atoms with Gasteiger partial charge >= 0.3 is 0 Å². The van der Waals surface area contributed by atoms with Crippen LogP contribution in [0, 0.1) is 5.92 Å². The van der Waals surface area contributed by atoms with Crippen LogP contribution in [-0.4, -0.2) is 40.2 Å². The summed E-state index contributed by atoms with van der Waals surface area (Å²) in [5, 5.41) is 8.08. The van der Waals surface area contributed by atoms with Gasteiger partial charge in [-0.15, -0.1) is 5.73 Å². The molecule has 3 aromatic carbocycles. The summed E-state index contributed by atoms with van der Waals surface area (Å²) in [6.45, 7) is 5.55. The summed E-state index contributed by atoms with van der Waals surface area (Å²) < 4.78 is 12.5. The highest BCUT2D eigenvalue weighted by molar-refractivity contribution is 7.80. The van der Waals surface area contributed by atoms with Crippen molar-refractivity contribution in [2.24, 2.45) is 5.92 Å². The van der Waals surface area contributed by atoms with E-state index in [9.17, 15) is 0 Å². The Balaban J connectivity index is 1.28. The molecule has 41 heavy (non-hydrogen) atoms. The predicted molar refractivity (Wildman–Crippen MR) is 167 cm³/mol. The number of pyridine rings is 1. The monoisotopic (exact) mass is 560 g/mol. The normalized spacial score (nSPS) is 24.4. The number of piperidine rings is 1. The van der Waals surface area contributed by atoms with Crippen molar-refractivity contribution in [3.63, 3.8) is 0 Å². The number of anilines is 2. The quantitative estimate of drug-likeness (QED) is 0.139. The van der Waals surface area contributed by atoms with Crippen LogP contribution in [-0.2, 0) is 11.3 Å². The Labute approximate surface area is 245 Å². The molecule has 1 spiro atoms. The van der Waals surface area contributed by atoms with E-state index in [4.69, 9.17) is 26.7 Å². The third kappa shape index (κ3) is 4.52. The fraction of sp³-hybridized carbons (Fsp3) is 0.265. The molecule has 4 unspecified atom stereocenters. The minimum atomic E-state index is -0.168. The molecule has 1 saturated carbocycles. The molecule has 2 aliphatic heterocycles. The van der Waals surface area contributed by atoms with E-state index >= 15 is 0 Å². The van der Waals surface area contributed by atoms with Crippen molar-refractivity contribution in [3.05, 3.63) is 114 Å². The highest BCUT2D eigenvalue weighted by atomic mass is 32.1. The van der Waals surface area contributed by atoms with Gasteiger partial charge in [-0.2, -0.15) is 0 Å². The van der Waals surface area contributed by atoms with Gasteiger partial charge in [-0.1, -0.05) is 55.1 Å². The van der Waals surface area contributed by atoms with E-state index in [-0.39, 0.29) is 17.7 Å². The minimum absolute atomic E-state index is 0.133. The number of aromatic nitrogens is 1. The zero-order chi connectivity index (χ0) is 28.0. The number of fused-ring (bicyclic) bond motifs is 1. The second-order valence-electron chi connectivity index (χ2n) is 11.0. The van der Waals surface area contributed by atoms with Crippen molar-refractivity contribution in [2.45, 2.75) is 37.1 Å². The highest BCUT2D eigenvalue weighted by Crippen LogP contribution is 2.69. The van der Waals surface area contributed by atoms with Crippen LogP contribution in [0.15, 0.2) is 103 Å². The maximum absolute atomic E-state index is 6.90. The molecule has 3 heterocycles. The van der Waals surface area contributed by atoms with E-state index in [1.54, 1.807) is 7.11 Å². The molecule has 3 aliphatic rings. The smallest absolute Gasteiger partial charge is 0.176 e. The zero-order valence-electron chi connectivity index (χ0n) is 23.0. The van der Waals surface area contributed by atoms with Crippen molar-refractivity contribution in [1.29, 1.82) is 0 Å².